The zero-order valence-electron chi connectivity index (χ0n) is 13.8. The molecule has 0 fully saturated rings. The number of rotatable bonds is 8. The number of ether oxygens (including phenoxy) is 2. The third-order valence-electron chi connectivity index (χ3n) is 3.41. The van der Waals surface area contributed by atoms with Gasteiger partial charge in [0.05, 0.1) is 32.6 Å². The molecule has 1 aromatic heterocycles. The van der Waals surface area contributed by atoms with E-state index >= 15 is 0 Å². The van der Waals surface area contributed by atoms with Crippen molar-refractivity contribution >= 4 is 17.4 Å². The van der Waals surface area contributed by atoms with Gasteiger partial charge in [0.1, 0.15) is 5.82 Å². The Morgan fingerprint density at radius 2 is 1.96 bits per heavy atom. The minimum atomic E-state index is -0.267. The van der Waals surface area contributed by atoms with Crippen molar-refractivity contribution in [2.45, 2.75) is 6.42 Å². The average Bonchev–Trinajstić information content (AvgIpc) is 2.62. The van der Waals surface area contributed by atoms with Crippen LogP contribution in [0.2, 0.25) is 0 Å². The molecule has 0 aliphatic heterocycles. The molecule has 24 heavy (non-hydrogen) atoms. The van der Waals surface area contributed by atoms with E-state index in [9.17, 15) is 4.79 Å². The molecule has 4 N–H and O–H groups in total. The zero-order valence-corrected chi connectivity index (χ0v) is 13.8. The van der Waals surface area contributed by atoms with Crippen LogP contribution in [0.1, 0.15) is 5.56 Å². The maximum Gasteiger partial charge on any atom is 0.239 e. The second-order valence-corrected chi connectivity index (χ2v) is 5.05. The highest BCUT2D eigenvalue weighted by Gasteiger charge is 2.05. The molecule has 0 aliphatic rings. The molecule has 1 heterocycles. The Hall–Kier alpha value is -2.80. The molecule has 7 heteroatoms. The number of hydrogen-bond donors (Lipinski definition) is 3. The van der Waals surface area contributed by atoms with E-state index in [1.54, 1.807) is 26.5 Å². The molecule has 0 aliphatic carbocycles. The molecule has 0 unspecified atom stereocenters. The number of amides is 1. The minimum Gasteiger partial charge on any atom is -0.493 e. The minimum absolute atomic E-state index is 0.0625. The molecule has 1 amide bonds. The van der Waals surface area contributed by atoms with Gasteiger partial charge in [0.15, 0.2) is 11.5 Å². The van der Waals surface area contributed by atoms with Gasteiger partial charge in [-0.05, 0) is 36.2 Å². The van der Waals surface area contributed by atoms with E-state index in [-0.39, 0.29) is 12.5 Å². The number of nitrogens with one attached hydrogen (secondary N) is 2. The summed E-state index contributed by atoms with van der Waals surface area (Å²) in [6.45, 7) is 0.679. The van der Waals surface area contributed by atoms with E-state index < -0.39 is 0 Å². The van der Waals surface area contributed by atoms with Crippen LogP contribution in [0.25, 0.3) is 0 Å². The molecule has 0 saturated carbocycles. The first-order chi connectivity index (χ1) is 11.7. The second-order valence-electron chi connectivity index (χ2n) is 5.05. The van der Waals surface area contributed by atoms with Crippen molar-refractivity contribution in [1.82, 2.24) is 4.98 Å². The fourth-order valence-corrected chi connectivity index (χ4v) is 2.15. The van der Waals surface area contributed by atoms with Crippen molar-refractivity contribution in [3.05, 3.63) is 42.1 Å². The van der Waals surface area contributed by atoms with E-state index in [4.69, 9.17) is 15.2 Å². The monoisotopic (exact) mass is 330 g/mol. The predicted molar refractivity (Wildman–Crippen MR) is 93.7 cm³/mol. The van der Waals surface area contributed by atoms with Gasteiger partial charge in [-0.2, -0.15) is 0 Å². The number of nitrogens with zero attached hydrogens (tertiary/aromatic N) is 1. The van der Waals surface area contributed by atoms with Crippen molar-refractivity contribution in [2.24, 2.45) is 5.73 Å². The maximum atomic E-state index is 11.2. The molecule has 0 saturated heterocycles. The van der Waals surface area contributed by atoms with Gasteiger partial charge in [0.2, 0.25) is 5.91 Å². The number of anilines is 2. The van der Waals surface area contributed by atoms with Crippen molar-refractivity contribution in [1.29, 1.82) is 0 Å². The highest BCUT2D eigenvalue weighted by molar-refractivity contribution is 5.91. The fourth-order valence-electron chi connectivity index (χ4n) is 2.15. The Kier molecular flexibility index (Phi) is 6.39. The number of benzene rings is 1. The standard InChI is InChI=1S/C17H22N4O3/c1-23-14-5-3-12(9-15(14)24-2)7-8-19-13-4-6-16(20-11-13)21-17(22)10-18/h3-6,9,11,19H,7-8,10,18H2,1-2H3,(H,20,21,22). The number of carbonyl (C=O) groups is 1. The maximum absolute atomic E-state index is 11.2. The summed E-state index contributed by atoms with van der Waals surface area (Å²) in [6, 6.07) is 9.45. The summed E-state index contributed by atoms with van der Waals surface area (Å²) in [5.41, 5.74) is 7.26. The molecule has 2 rings (SSSR count). The molecule has 7 nitrogen and oxygen atoms in total. The second kappa shape index (κ2) is 8.73. The SMILES string of the molecule is COc1ccc(CCNc2ccc(NC(=O)CN)nc2)cc1OC. The molecule has 1 aromatic carbocycles. The van der Waals surface area contributed by atoms with E-state index in [2.05, 4.69) is 15.6 Å². The lowest BCUT2D eigenvalue weighted by Gasteiger charge is -2.11. The van der Waals surface area contributed by atoms with Crippen LogP contribution < -0.4 is 25.8 Å². The first-order valence-electron chi connectivity index (χ1n) is 7.57. The number of hydrogen-bond acceptors (Lipinski definition) is 6. The first kappa shape index (κ1) is 17.6. The van der Waals surface area contributed by atoms with Gasteiger partial charge in [0, 0.05) is 6.54 Å². The number of nitrogens with two attached hydrogens (primary N) is 1. The smallest absolute Gasteiger partial charge is 0.239 e. The van der Waals surface area contributed by atoms with E-state index in [0.717, 1.165) is 30.0 Å². The topological polar surface area (TPSA) is 98.5 Å². The van der Waals surface area contributed by atoms with Gasteiger partial charge in [-0.15, -0.1) is 0 Å². The molecule has 0 bridgehead atoms. The average molecular weight is 330 g/mol. The third-order valence-corrected chi connectivity index (χ3v) is 3.41. The highest BCUT2D eigenvalue weighted by atomic mass is 16.5. The largest absolute Gasteiger partial charge is 0.493 e. The van der Waals surface area contributed by atoms with Crippen LogP contribution in [0.3, 0.4) is 0 Å². The van der Waals surface area contributed by atoms with Crippen LogP contribution >= 0.6 is 0 Å². The zero-order chi connectivity index (χ0) is 17.4. The van der Waals surface area contributed by atoms with Gasteiger partial charge >= 0.3 is 0 Å². The van der Waals surface area contributed by atoms with E-state index in [1.807, 2.05) is 24.3 Å². The molecular weight excluding hydrogens is 308 g/mol. The number of aromatic nitrogens is 1. The van der Waals surface area contributed by atoms with Crippen LogP contribution in [-0.2, 0) is 11.2 Å². The Bertz CT molecular complexity index is 674. The Labute approximate surface area is 141 Å². The fraction of sp³-hybridized carbons (Fsp3) is 0.294. The first-order valence-corrected chi connectivity index (χ1v) is 7.57. The normalized spacial score (nSPS) is 10.1. The summed E-state index contributed by atoms with van der Waals surface area (Å²) >= 11 is 0. The Morgan fingerprint density at radius 3 is 2.58 bits per heavy atom. The molecule has 0 radical (unpaired) electrons. The third kappa shape index (κ3) is 4.85. The van der Waals surface area contributed by atoms with Crippen LogP contribution in [0.4, 0.5) is 11.5 Å². The summed E-state index contributed by atoms with van der Waals surface area (Å²) in [5, 5.41) is 5.88. The van der Waals surface area contributed by atoms with Gasteiger partial charge in [-0.3, -0.25) is 4.79 Å². The molecule has 2 aromatic rings. The summed E-state index contributed by atoms with van der Waals surface area (Å²) < 4.78 is 10.5. The number of pyridine rings is 1. The summed E-state index contributed by atoms with van der Waals surface area (Å²) in [6.07, 6.45) is 2.49. The lowest BCUT2D eigenvalue weighted by atomic mass is 10.1. The van der Waals surface area contributed by atoms with Crippen molar-refractivity contribution in [2.75, 3.05) is 37.9 Å². The van der Waals surface area contributed by atoms with Crippen molar-refractivity contribution < 1.29 is 14.3 Å². The van der Waals surface area contributed by atoms with Gasteiger partial charge in [-0.25, -0.2) is 4.98 Å². The van der Waals surface area contributed by atoms with Crippen LogP contribution in [0, 0.1) is 0 Å². The lowest BCUT2D eigenvalue weighted by Crippen LogP contribution is -2.22. The predicted octanol–water partition coefficient (Wildman–Crippen LogP) is 1.65. The van der Waals surface area contributed by atoms with E-state index in [1.165, 1.54) is 0 Å². The molecule has 0 atom stereocenters. The van der Waals surface area contributed by atoms with Crippen LogP contribution in [-0.4, -0.2) is 38.2 Å². The summed E-state index contributed by atoms with van der Waals surface area (Å²) in [4.78, 5) is 15.3. The molecular formula is C17H22N4O3. The van der Waals surface area contributed by atoms with Gasteiger partial charge in [-0.1, -0.05) is 6.07 Å². The molecule has 128 valence electrons. The lowest BCUT2D eigenvalue weighted by molar-refractivity contribution is -0.114. The summed E-state index contributed by atoms with van der Waals surface area (Å²) in [5.74, 6) is 1.65. The van der Waals surface area contributed by atoms with Crippen LogP contribution in [0.5, 0.6) is 11.5 Å². The quantitative estimate of drug-likeness (QED) is 0.681. The van der Waals surface area contributed by atoms with Gasteiger partial charge < -0.3 is 25.8 Å². The Balaban J connectivity index is 1.86. The van der Waals surface area contributed by atoms with Crippen LogP contribution in [0.15, 0.2) is 36.5 Å². The molecule has 0 spiro atoms. The van der Waals surface area contributed by atoms with Crippen molar-refractivity contribution in [3.8, 4) is 11.5 Å². The Morgan fingerprint density at radius 1 is 1.17 bits per heavy atom. The number of methoxy groups -OCH3 is 2. The number of carbonyl (C=O) groups excluding carboxylic acids is 1. The highest BCUT2D eigenvalue weighted by Crippen LogP contribution is 2.27. The van der Waals surface area contributed by atoms with Gasteiger partial charge in [0.25, 0.3) is 0 Å². The summed E-state index contributed by atoms with van der Waals surface area (Å²) in [7, 11) is 3.24. The van der Waals surface area contributed by atoms with Crippen molar-refractivity contribution in [3.63, 3.8) is 0 Å². The van der Waals surface area contributed by atoms with E-state index in [0.29, 0.717) is 11.6 Å².